The zero-order chi connectivity index (χ0) is 11.6. The van der Waals surface area contributed by atoms with Crippen LogP contribution in [-0.2, 0) is 0 Å². The molecule has 3 heteroatoms. The predicted octanol–water partition coefficient (Wildman–Crippen LogP) is 1.38. The third-order valence-electron chi connectivity index (χ3n) is 4.14. The zero-order valence-electron chi connectivity index (χ0n) is 10.4. The first kappa shape index (κ1) is 12.3. The van der Waals surface area contributed by atoms with E-state index in [0.717, 1.165) is 38.9 Å². The van der Waals surface area contributed by atoms with E-state index in [2.05, 4.69) is 4.90 Å². The third-order valence-corrected chi connectivity index (χ3v) is 4.14. The molecule has 1 saturated carbocycles. The monoisotopic (exact) mass is 227 g/mol. The van der Waals surface area contributed by atoms with Gasteiger partial charge in [-0.2, -0.15) is 0 Å². The Balaban J connectivity index is 1.84. The summed E-state index contributed by atoms with van der Waals surface area (Å²) in [6.07, 6.45) is 6.57. The standard InChI is InChI=1S/C13H25NO2/c1-13(16)7-8-14(10-13)9-11-5-3-2-4-6-12(11)15/h11-12,15-16H,2-10H2,1H3. The van der Waals surface area contributed by atoms with E-state index in [1.54, 1.807) is 0 Å². The highest BCUT2D eigenvalue weighted by molar-refractivity contribution is 4.88. The van der Waals surface area contributed by atoms with Gasteiger partial charge >= 0.3 is 0 Å². The molecule has 0 radical (unpaired) electrons. The summed E-state index contributed by atoms with van der Waals surface area (Å²) in [6, 6.07) is 0. The van der Waals surface area contributed by atoms with Crippen LogP contribution in [0.25, 0.3) is 0 Å². The second-order valence-corrected chi connectivity index (χ2v) is 5.95. The maximum absolute atomic E-state index is 10.1. The molecular weight excluding hydrogens is 202 g/mol. The number of nitrogens with zero attached hydrogens (tertiary/aromatic N) is 1. The van der Waals surface area contributed by atoms with Crippen LogP contribution in [0, 0.1) is 5.92 Å². The minimum absolute atomic E-state index is 0.118. The smallest absolute Gasteiger partial charge is 0.0758 e. The van der Waals surface area contributed by atoms with Crippen LogP contribution in [0.15, 0.2) is 0 Å². The van der Waals surface area contributed by atoms with Gasteiger partial charge < -0.3 is 15.1 Å². The predicted molar refractivity (Wildman–Crippen MR) is 64.3 cm³/mol. The molecule has 0 aromatic rings. The van der Waals surface area contributed by atoms with Crippen molar-refractivity contribution < 1.29 is 10.2 Å². The summed E-state index contributed by atoms with van der Waals surface area (Å²) in [6.45, 7) is 4.64. The van der Waals surface area contributed by atoms with Gasteiger partial charge in [0.1, 0.15) is 0 Å². The van der Waals surface area contributed by atoms with E-state index in [1.165, 1.54) is 19.3 Å². The summed E-state index contributed by atoms with van der Waals surface area (Å²) < 4.78 is 0. The highest BCUT2D eigenvalue weighted by atomic mass is 16.3. The second-order valence-electron chi connectivity index (χ2n) is 5.95. The van der Waals surface area contributed by atoms with Crippen molar-refractivity contribution in [2.75, 3.05) is 19.6 Å². The number of hydrogen-bond acceptors (Lipinski definition) is 3. The fourth-order valence-corrected chi connectivity index (χ4v) is 3.10. The van der Waals surface area contributed by atoms with E-state index in [4.69, 9.17) is 0 Å². The van der Waals surface area contributed by atoms with Gasteiger partial charge in [-0.25, -0.2) is 0 Å². The molecule has 0 aromatic carbocycles. The average molecular weight is 227 g/mol. The molecule has 0 aromatic heterocycles. The van der Waals surface area contributed by atoms with Gasteiger partial charge in [0.2, 0.25) is 0 Å². The first-order valence-electron chi connectivity index (χ1n) is 6.70. The summed E-state index contributed by atoms with van der Waals surface area (Å²) >= 11 is 0. The number of aliphatic hydroxyl groups is 2. The Morgan fingerprint density at radius 1 is 1.25 bits per heavy atom. The number of β-amino-alcohol motifs (C(OH)–C–C–N with tert-alkyl or cyclic N) is 1. The third kappa shape index (κ3) is 3.19. The molecule has 2 N–H and O–H groups in total. The lowest BCUT2D eigenvalue weighted by atomic mass is 9.97. The van der Waals surface area contributed by atoms with Crippen molar-refractivity contribution in [3.8, 4) is 0 Å². The van der Waals surface area contributed by atoms with E-state index in [0.29, 0.717) is 5.92 Å². The summed E-state index contributed by atoms with van der Waals surface area (Å²) in [7, 11) is 0. The van der Waals surface area contributed by atoms with Crippen LogP contribution in [0.2, 0.25) is 0 Å². The lowest BCUT2D eigenvalue weighted by Gasteiger charge is -2.26. The molecule has 3 nitrogen and oxygen atoms in total. The Hall–Kier alpha value is -0.120. The van der Waals surface area contributed by atoms with Gasteiger partial charge in [-0.3, -0.25) is 0 Å². The number of rotatable bonds is 2. The topological polar surface area (TPSA) is 43.7 Å². The van der Waals surface area contributed by atoms with E-state index in [1.807, 2.05) is 6.92 Å². The largest absolute Gasteiger partial charge is 0.393 e. The minimum atomic E-state index is -0.504. The molecule has 3 atom stereocenters. The van der Waals surface area contributed by atoms with Crippen molar-refractivity contribution in [2.24, 2.45) is 5.92 Å². The molecule has 1 heterocycles. The number of likely N-dealkylation sites (tertiary alicyclic amines) is 1. The van der Waals surface area contributed by atoms with Crippen molar-refractivity contribution in [2.45, 2.75) is 57.2 Å². The quantitative estimate of drug-likeness (QED) is 0.701. The molecule has 2 aliphatic rings. The maximum atomic E-state index is 10.1. The summed E-state index contributed by atoms with van der Waals surface area (Å²) in [5.41, 5.74) is -0.504. The Labute approximate surface area is 98.5 Å². The molecule has 2 fully saturated rings. The first-order valence-corrected chi connectivity index (χ1v) is 6.70. The van der Waals surface area contributed by atoms with E-state index in [-0.39, 0.29) is 6.10 Å². The summed E-state index contributed by atoms with van der Waals surface area (Å²) in [4.78, 5) is 2.32. The molecule has 0 bridgehead atoms. The molecule has 16 heavy (non-hydrogen) atoms. The average Bonchev–Trinajstić information content (AvgIpc) is 2.41. The lowest BCUT2D eigenvalue weighted by molar-refractivity contribution is 0.0508. The van der Waals surface area contributed by atoms with Gasteiger partial charge in [0, 0.05) is 19.6 Å². The Morgan fingerprint density at radius 2 is 2.00 bits per heavy atom. The van der Waals surface area contributed by atoms with Crippen LogP contribution in [0.5, 0.6) is 0 Å². The maximum Gasteiger partial charge on any atom is 0.0758 e. The minimum Gasteiger partial charge on any atom is -0.393 e. The van der Waals surface area contributed by atoms with Crippen LogP contribution in [-0.4, -0.2) is 46.5 Å². The Bertz CT molecular complexity index is 230. The van der Waals surface area contributed by atoms with Crippen molar-refractivity contribution in [1.29, 1.82) is 0 Å². The van der Waals surface area contributed by atoms with Crippen molar-refractivity contribution in [3.63, 3.8) is 0 Å². The normalized spacial score (nSPS) is 42.2. The van der Waals surface area contributed by atoms with Gasteiger partial charge in [0.05, 0.1) is 11.7 Å². The molecule has 0 amide bonds. The molecule has 3 unspecified atom stereocenters. The van der Waals surface area contributed by atoms with Crippen LogP contribution >= 0.6 is 0 Å². The highest BCUT2D eigenvalue weighted by Crippen LogP contribution is 2.27. The van der Waals surface area contributed by atoms with Crippen molar-refractivity contribution in [1.82, 2.24) is 4.90 Å². The summed E-state index contributed by atoms with van der Waals surface area (Å²) in [5.74, 6) is 0.427. The van der Waals surface area contributed by atoms with Crippen LogP contribution in [0.4, 0.5) is 0 Å². The molecule has 0 spiro atoms. The molecule has 1 saturated heterocycles. The first-order chi connectivity index (χ1) is 7.57. The van der Waals surface area contributed by atoms with Gasteiger partial charge in [-0.05, 0) is 32.1 Å². The van der Waals surface area contributed by atoms with E-state index < -0.39 is 5.60 Å². The van der Waals surface area contributed by atoms with Crippen molar-refractivity contribution >= 4 is 0 Å². The second kappa shape index (κ2) is 5.03. The molecular formula is C13H25NO2. The van der Waals surface area contributed by atoms with Gasteiger partial charge in [-0.15, -0.1) is 0 Å². The van der Waals surface area contributed by atoms with E-state index in [9.17, 15) is 10.2 Å². The Morgan fingerprint density at radius 3 is 2.69 bits per heavy atom. The van der Waals surface area contributed by atoms with Gasteiger partial charge in [0.15, 0.2) is 0 Å². The summed E-state index contributed by atoms with van der Waals surface area (Å²) in [5, 5.41) is 20.0. The van der Waals surface area contributed by atoms with E-state index >= 15 is 0 Å². The SMILES string of the molecule is CC1(O)CCN(CC2CCCCCC2O)C1. The number of aliphatic hydroxyl groups excluding tert-OH is 1. The van der Waals surface area contributed by atoms with Crippen LogP contribution in [0.1, 0.15) is 45.4 Å². The fraction of sp³-hybridized carbons (Fsp3) is 1.00. The zero-order valence-corrected chi connectivity index (χ0v) is 10.4. The van der Waals surface area contributed by atoms with Gasteiger partial charge in [-0.1, -0.05) is 19.3 Å². The highest BCUT2D eigenvalue weighted by Gasteiger charge is 2.33. The fourth-order valence-electron chi connectivity index (χ4n) is 3.10. The van der Waals surface area contributed by atoms with Crippen LogP contribution in [0.3, 0.4) is 0 Å². The van der Waals surface area contributed by atoms with Crippen LogP contribution < -0.4 is 0 Å². The van der Waals surface area contributed by atoms with Crippen molar-refractivity contribution in [3.05, 3.63) is 0 Å². The molecule has 1 aliphatic heterocycles. The Kier molecular flexibility index (Phi) is 3.88. The molecule has 1 aliphatic carbocycles. The van der Waals surface area contributed by atoms with Gasteiger partial charge in [0.25, 0.3) is 0 Å². The lowest BCUT2D eigenvalue weighted by Crippen LogP contribution is -2.36. The molecule has 94 valence electrons. The molecule has 2 rings (SSSR count). The number of hydrogen-bond donors (Lipinski definition) is 2.